The van der Waals surface area contributed by atoms with Crippen LogP contribution in [0, 0.1) is 11.3 Å². The molecule has 1 unspecified atom stereocenters. The average molecular weight is 530 g/mol. The van der Waals surface area contributed by atoms with Gasteiger partial charge in [-0.3, -0.25) is 4.79 Å². The zero-order chi connectivity index (χ0) is 27.2. The van der Waals surface area contributed by atoms with Crippen LogP contribution in [-0.2, 0) is 27.8 Å². The molecule has 6 aliphatic rings. The maximum Gasteiger partial charge on any atom is 0.311 e. The Balaban J connectivity index is 1.37. The smallest absolute Gasteiger partial charge is 0.311 e. The standard InChI is InChI=1S/C33H39NO5/c1-5-26(35)38-23-12-11-22-19-25-31-15-16-33(37-4,29-32(31,17-18-34(25)3)27(22)28(23)39-29)24(20-31)30(2,36)14-13-21-9-7-6-8-10-21/h6-12,15-16,24-25,29,36H,5,13-14,17-20H2,1-4H3/t24-,25-,29-,30-,31?,32+,33+/m1/s1. The number of likely N-dealkylation sites (tertiary alicyclic amines) is 1. The minimum Gasteiger partial charge on any atom is -0.482 e. The summed E-state index contributed by atoms with van der Waals surface area (Å²) < 4.78 is 19.4. The van der Waals surface area contributed by atoms with Crippen LogP contribution in [0.5, 0.6) is 11.5 Å². The monoisotopic (exact) mass is 529 g/mol. The molecule has 1 saturated heterocycles. The van der Waals surface area contributed by atoms with E-state index in [9.17, 15) is 9.90 Å². The molecule has 7 atom stereocenters. The number of ether oxygens (including phenoxy) is 3. The predicted molar refractivity (Wildman–Crippen MR) is 148 cm³/mol. The van der Waals surface area contributed by atoms with E-state index in [1.807, 2.05) is 26.0 Å². The van der Waals surface area contributed by atoms with Crippen LogP contribution in [0.15, 0.2) is 54.6 Å². The first kappa shape index (κ1) is 25.3. The van der Waals surface area contributed by atoms with Gasteiger partial charge in [0.25, 0.3) is 0 Å². The molecular weight excluding hydrogens is 490 g/mol. The van der Waals surface area contributed by atoms with Crippen molar-refractivity contribution >= 4 is 5.97 Å². The molecule has 4 aliphatic carbocycles. The topological polar surface area (TPSA) is 68.2 Å². The molecule has 2 fully saturated rings. The maximum absolute atomic E-state index is 12.4. The van der Waals surface area contributed by atoms with Crippen LogP contribution in [0.1, 0.15) is 56.2 Å². The van der Waals surface area contributed by atoms with Gasteiger partial charge in [-0.05, 0) is 69.8 Å². The fourth-order valence-electron chi connectivity index (χ4n) is 9.24. The lowest BCUT2D eigenvalue weighted by molar-refractivity contribution is -0.247. The number of fused-ring (bicyclic) bond motifs is 1. The fourth-order valence-corrected chi connectivity index (χ4v) is 9.24. The Morgan fingerprint density at radius 3 is 2.74 bits per heavy atom. The molecule has 2 aromatic carbocycles. The SMILES string of the molecule is CCC(=O)Oc1ccc2c3c1O[C@H]1[C@]4(OC)C=CC5(C[C@@H]4[C@](C)(O)CCc4ccccc4)[C@@H](C2)N(C)CC[C@]315. The van der Waals surface area contributed by atoms with Gasteiger partial charge in [0.05, 0.1) is 11.0 Å². The van der Waals surface area contributed by atoms with Crippen molar-refractivity contribution in [2.24, 2.45) is 11.3 Å². The second-order valence-corrected chi connectivity index (χ2v) is 12.7. The van der Waals surface area contributed by atoms with E-state index in [-0.39, 0.29) is 28.8 Å². The van der Waals surface area contributed by atoms with Crippen LogP contribution in [0.2, 0.25) is 0 Å². The molecule has 2 heterocycles. The molecule has 1 N–H and O–H groups in total. The Labute approximate surface area is 230 Å². The highest BCUT2D eigenvalue weighted by atomic mass is 16.6. The predicted octanol–water partition coefficient (Wildman–Crippen LogP) is 4.61. The third kappa shape index (κ3) is 3.11. The van der Waals surface area contributed by atoms with Gasteiger partial charge in [0, 0.05) is 36.5 Å². The Bertz CT molecular complexity index is 1350. The van der Waals surface area contributed by atoms with E-state index in [0.29, 0.717) is 30.4 Å². The molecule has 0 amide bonds. The molecule has 8 rings (SSSR count). The average Bonchev–Trinajstić information content (AvgIpc) is 3.32. The van der Waals surface area contributed by atoms with Gasteiger partial charge < -0.3 is 24.2 Å². The Hall–Kier alpha value is -2.67. The van der Waals surface area contributed by atoms with Crippen molar-refractivity contribution in [3.8, 4) is 11.5 Å². The molecule has 0 radical (unpaired) electrons. The number of nitrogens with zero attached hydrogens (tertiary/aromatic N) is 1. The first-order valence-electron chi connectivity index (χ1n) is 14.5. The largest absolute Gasteiger partial charge is 0.482 e. The number of hydrogen-bond acceptors (Lipinski definition) is 6. The number of benzene rings is 2. The van der Waals surface area contributed by atoms with Gasteiger partial charge >= 0.3 is 5.97 Å². The molecule has 1 saturated carbocycles. The Morgan fingerprint density at radius 2 is 2.00 bits per heavy atom. The molecule has 6 heteroatoms. The Kier molecular flexibility index (Phi) is 5.46. The molecule has 0 aromatic heterocycles. The van der Waals surface area contributed by atoms with Gasteiger partial charge in [-0.25, -0.2) is 0 Å². The van der Waals surface area contributed by atoms with Crippen molar-refractivity contribution in [2.75, 3.05) is 20.7 Å². The quantitative estimate of drug-likeness (QED) is 0.321. The number of hydrogen-bond donors (Lipinski definition) is 1. The van der Waals surface area contributed by atoms with Crippen LogP contribution < -0.4 is 9.47 Å². The maximum atomic E-state index is 12.4. The number of carbonyl (C=O) groups is 1. The highest BCUT2D eigenvalue weighted by Crippen LogP contribution is 2.75. The van der Waals surface area contributed by atoms with E-state index in [2.05, 4.69) is 54.4 Å². The van der Waals surface area contributed by atoms with Crippen LogP contribution in [-0.4, -0.2) is 60.0 Å². The minimum absolute atomic E-state index is 0.159. The van der Waals surface area contributed by atoms with Crippen LogP contribution in [0.25, 0.3) is 0 Å². The number of aliphatic hydroxyl groups is 1. The molecular formula is C33H39NO5. The molecule has 39 heavy (non-hydrogen) atoms. The van der Waals surface area contributed by atoms with Crippen molar-refractivity contribution in [2.45, 2.75) is 81.1 Å². The number of esters is 1. The van der Waals surface area contributed by atoms with Crippen molar-refractivity contribution in [1.29, 1.82) is 0 Å². The van der Waals surface area contributed by atoms with E-state index in [1.165, 1.54) is 16.7 Å². The summed E-state index contributed by atoms with van der Waals surface area (Å²) in [5, 5.41) is 12.3. The van der Waals surface area contributed by atoms with Crippen LogP contribution in [0.4, 0.5) is 0 Å². The molecule has 2 spiro atoms. The zero-order valence-electron chi connectivity index (χ0n) is 23.4. The summed E-state index contributed by atoms with van der Waals surface area (Å²) >= 11 is 0. The highest BCUT2D eigenvalue weighted by molar-refractivity contribution is 5.75. The van der Waals surface area contributed by atoms with E-state index in [4.69, 9.17) is 14.2 Å². The summed E-state index contributed by atoms with van der Waals surface area (Å²) in [4.78, 5) is 14.9. The highest BCUT2D eigenvalue weighted by Gasteiger charge is 2.80. The molecule has 206 valence electrons. The summed E-state index contributed by atoms with van der Waals surface area (Å²) in [6.07, 6.45) is 8.73. The second kappa shape index (κ2) is 8.42. The van der Waals surface area contributed by atoms with Crippen molar-refractivity contribution in [3.63, 3.8) is 0 Å². The summed E-state index contributed by atoms with van der Waals surface area (Å²) in [7, 11) is 4.00. The lowest BCUT2D eigenvalue weighted by Crippen LogP contribution is -2.80. The number of rotatable bonds is 7. The molecule has 6 nitrogen and oxygen atoms in total. The lowest BCUT2D eigenvalue weighted by atomic mass is 9.36. The Morgan fingerprint density at radius 1 is 1.21 bits per heavy atom. The number of methoxy groups -OCH3 is 1. The fraction of sp³-hybridized carbons (Fsp3) is 0.545. The van der Waals surface area contributed by atoms with Crippen molar-refractivity contribution in [3.05, 3.63) is 71.3 Å². The van der Waals surface area contributed by atoms with Gasteiger partial charge in [-0.1, -0.05) is 55.5 Å². The normalized spacial score (nSPS) is 36.7. The van der Waals surface area contributed by atoms with E-state index in [1.54, 1.807) is 7.11 Å². The molecule has 2 aromatic rings. The molecule has 2 aliphatic heterocycles. The third-order valence-corrected chi connectivity index (χ3v) is 11.1. The summed E-state index contributed by atoms with van der Waals surface area (Å²) in [6, 6.07) is 14.7. The van der Waals surface area contributed by atoms with Gasteiger partial charge in [-0.2, -0.15) is 0 Å². The van der Waals surface area contributed by atoms with E-state index >= 15 is 0 Å². The lowest BCUT2D eigenvalue weighted by Gasteiger charge is -2.72. The zero-order valence-corrected chi connectivity index (χ0v) is 23.4. The van der Waals surface area contributed by atoms with Crippen LogP contribution >= 0.6 is 0 Å². The first-order chi connectivity index (χ1) is 18.7. The third-order valence-electron chi connectivity index (χ3n) is 11.1. The number of likely N-dealkylation sites (N-methyl/N-ethyl adjacent to an activating group) is 1. The number of piperidine rings is 1. The summed E-state index contributed by atoms with van der Waals surface area (Å²) in [6.45, 7) is 4.76. The van der Waals surface area contributed by atoms with E-state index < -0.39 is 11.2 Å². The van der Waals surface area contributed by atoms with Crippen LogP contribution in [0.3, 0.4) is 0 Å². The number of aryl methyl sites for hydroxylation is 1. The van der Waals surface area contributed by atoms with Gasteiger partial charge in [-0.15, -0.1) is 0 Å². The molecule has 4 bridgehead atoms. The first-order valence-corrected chi connectivity index (χ1v) is 14.5. The summed E-state index contributed by atoms with van der Waals surface area (Å²) in [5.74, 6) is 0.794. The second-order valence-electron chi connectivity index (χ2n) is 12.7. The van der Waals surface area contributed by atoms with Crippen molar-refractivity contribution < 1.29 is 24.1 Å². The summed E-state index contributed by atoms with van der Waals surface area (Å²) in [5.41, 5.74) is 1.44. The van der Waals surface area contributed by atoms with Gasteiger partial charge in [0.2, 0.25) is 0 Å². The van der Waals surface area contributed by atoms with Gasteiger partial charge in [0.15, 0.2) is 11.5 Å². The van der Waals surface area contributed by atoms with Gasteiger partial charge in [0.1, 0.15) is 11.7 Å². The number of carbonyl (C=O) groups excluding carboxylic acids is 1. The minimum atomic E-state index is -0.978. The van der Waals surface area contributed by atoms with Crippen molar-refractivity contribution in [1.82, 2.24) is 4.90 Å². The van der Waals surface area contributed by atoms with E-state index in [0.717, 1.165) is 32.2 Å².